The van der Waals surface area contributed by atoms with E-state index in [0.29, 0.717) is 11.4 Å². The SMILES string of the molecule is CN(CCn1cnc(-c2cc(C(=O)O)ccn2)c1)CC1CCC1. The van der Waals surface area contributed by atoms with Crippen LogP contribution in [-0.2, 0) is 6.54 Å². The Kier molecular flexibility index (Phi) is 4.71. The lowest BCUT2D eigenvalue weighted by Crippen LogP contribution is -2.31. The summed E-state index contributed by atoms with van der Waals surface area (Å²) in [7, 11) is 2.16. The quantitative estimate of drug-likeness (QED) is 0.849. The van der Waals surface area contributed by atoms with Crippen molar-refractivity contribution in [1.82, 2.24) is 19.4 Å². The number of carboxylic acids is 1. The fourth-order valence-electron chi connectivity index (χ4n) is 2.81. The molecule has 2 aromatic heterocycles. The van der Waals surface area contributed by atoms with Crippen molar-refractivity contribution in [2.75, 3.05) is 20.1 Å². The summed E-state index contributed by atoms with van der Waals surface area (Å²) in [5.41, 5.74) is 1.52. The highest BCUT2D eigenvalue weighted by atomic mass is 16.4. The number of aromatic carboxylic acids is 1. The van der Waals surface area contributed by atoms with Gasteiger partial charge >= 0.3 is 5.97 Å². The van der Waals surface area contributed by atoms with Gasteiger partial charge < -0.3 is 14.6 Å². The minimum Gasteiger partial charge on any atom is -0.478 e. The van der Waals surface area contributed by atoms with Crippen molar-refractivity contribution in [3.63, 3.8) is 0 Å². The van der Waals surface area contributed by atoms with Gasteiger partial charge in [-0.1, -0.05) is 6.42 Å². The van der Waals surface area contributed by atoms with Crippen LogP contribution in [0.1, 0.15) is 29.6 Å². The number of pyridine rings is 1. The van der Waals surface area contributed by atoms with E-state index in [4.69, 9.17) is 5.11 Å². The molecule has 0 bridgehead atoms. The van der Waals surface area contributed by atoms with E-state index in [1.54, 1.807) is 12.4 Å². The van der Waals surface area contributed by atoms with Gasteiger partial charge in [0.25, 0.3) is 0 Å². The standard InChI is InChI=1S/C17H22N4O2/c1-20(10-13-3-2-4-13)7-8-21-11-16(19-12-21)15-9-14(17(22)23)5-6-18-15/h5-6,9,11-13H,2-4,7-8,10H2,1H3,(H,22,23). The van der Waals surface area contributed by atoms with Gasteiger partial charge in [0.15, 0.2) is 0 Å². The van der Waals surface area contributed by atoms with E-state index in [2.05, 4.69) is 21.9 Å². The Labute approximate surface area is 135 Å². The van der Waals surface area contributed by atoms with E-state index in [0.717, 1.165) is 19.0 Å². The van der Waals surface area contributed by atoms with Crippen LogP contribution in [0.25, 0.3) is 11.4 Å². The predicted molar refractivity (Wildman–Crippen MR) is 87.3 cm³/mol. The number of rotatable bonds is 7. The van der Waals surface area contributed by atoms with Gasteiger partial charge in [0.05, 0.1) is 17.6 Å². The van der Waals surface area contributed by atoms with Gasteiger partial charge in [-0.05, 0) is 37.9 Å². The smallest absolute Gasteiger partial charge is 0.335 e. The summed E-state index contributed by atoms with van der Waals surface area (Å²) in [6.07, 6.45) is 9.32. The first-order valence-corrected chi connectivity index (χ1v) is 8.02. The highest BCUT2D eigenvalue weighted by Crippen LogP contribution is 2.26. The summed E-state index contributed by atoms with van der Waals surface area (Å²) in [4.78, 5) is 21.9. The van der Waals surface area contributed by atoms with Crippen LogP contribution in [0.4, 0.5) is 0 Å². The van der Waals surface area contributed by atoms with E-state index < -0.39 is 5.97 Å². The highest BCUT2D eigenvalue weighted by Gasteiger charge is 2.18. The molecule has 2 heterocycles. The first kappa shape index (κ1) is 15.7. The second-order valence-electron chi connectivity index (χ2n) is 6.29. The lowest BCUT2D eigenvalue weighted by molar-refractivity contribution is 0.0697. The molecule has 0 atom stereocenters. The molecule has 1 saturated carbocycles. The molecule has 0 aromatic carbocycles. The largest absolute Gasteiger partial charge is 0.478 e. The van der Waals surface area contributed by atoms with Gasteiger partial charge in [-0.15, -0.1) is 0 Å². The number of imidazole rings is 1. The van der Waals surface area contributed by atoms with Crippen molar-refractivity contribution >= 4 is 5.97 Å². The maximum atomic E-state index is 11.0. The van der Waals surface area contributed by atoms with Crippen molar-refractivity contribution in [3.05, 3.63) is 36.4 Å². The lowest BCUT2D eigenvalue weighted by atomic mass is 9.85. The third kappa shape index (κ3) is 3.96. The number of hydrogen-bond acceptors (Lipinski definition) is 4. The molecule has 0 unspecified atom stereocenters. The van der Waals surface area contributed by atoms with E-state index in [-0.39, 0.29) is 5.56 Å². The van der Waals surface area contributed by atoms with Crippen LogP contribution < -0.4 is 0 Å². The molecule has 122 valence electrons. The monoisotopic (exact) mass is 314 g/mol. The van der Waals surface area contributed by atoms with Crippen molar-refractivity contribution in [2.45, 2.75) is 25.8 Å². The zero-order valence-corrected chi connectivity index (χ0v) is 13.4. The minimum absolute atomic E-state index is 0.227. The van der Waals surface area contributed by atoms with Crippen LogP contribution in [0.3, 0.4) is 0 Å². The van der Waals surface area contributed by atoms with Crippen LogP contribution in [0.15, 0.2) is 30.9 Å². The van der Waals surface area contributed by atoms with Crippen molar-refractivity contribution in [2.24, 2.45) is 5.92 Å². The summed E-state index contributed by atoms with van der Waals surface area (Å²) >= 11 is 0. The minimum atomic E-state index is -0.953. The average molecular weight is 314 g/mol. The van der Waals surface area contributed by atoms with E-state index in [1.807, 2.05) is 10.8 Å². The molecule has 0 amide bonds. The Balaban J connectivity index is 1.59. The van der Waals surface area contributed by atoms with Crippen LogP contribution in [0.5, 0.6) is 0 Å². The molecule has 23 heavy (non-hydrogen) atoms. The Morgan fingerprint density at radius 1 is 1.39 bits per heavy atom. The predicted octanol–water partition coefficient (Wildman–Crippen LogP) is 2.38. The van der Waals surface area contributed by atoms with Gasteiger partial charge in [-0.2, -0.15) is 0 Å². The summed E-state index contributed by atoms with van der Waals surface area (Å²) in [6, 6.07) is 3.04. The van der Waals surface area contributed by atoms with E-state index in [9.17, 15) is 4.79 Å². The van der Waals surface area contributed by atoms with Crippen molar-refractivity contribution < 1.29 is 9.90 Å². The van der Waals surface area contributed by atoms with Gasteiger partial charge in [-0.25, -0.2) is 9.78 Å². The third-order valence-corrected chi connectivity index (χ3v) is 4.44. The zero-order chi connectivity index (χ0) is 16.2. The number of nitrogens with zero attached hydrogens (tertiary/aromatic N) is 4. The van der Waals surface area contributed by atoms with Crippen LogP contribution in [-0.4, -0.2) is 50.6 Å². The molecule has 0 spiro atoms. The molecule has 1 fully saturated rings. The molecule has 1 aliphatic rings. The molecule has 0 saturated heterocycles. The fourth-order valence-corrected chi connectivity index (χ4v) is 2.81. The normalized spacial score (nSPS) is 14.9. The van der Waals surface area contributed by atoms with Gasteiger partial charge in [-0.3, -0.25) is 4.98 Å². The Bertz CT molecular complexity index is 679. The van der Waals surface area contributed by atoms with Crippen LogP contribution >= 0.6 is 0 Å². The average Bonchev–Trinajstić information content (AvgIpc) is 2.98. The second-order valence-corrected chi connectivity index (χ2v) is 6.29. The van der Waals surface area contributed by atoms with E-state index >= 15 is 0 Å². The molecular formula is C17H22N4O2. The van der Waals surface area contributed by atoms with Crippen molar-refractivity contribution in [1.29, 1.82) is 0 Å². The first-order valence-electron chi connectivity index (χ1n) is 8.02. The van der Waals surface area contributed by atoms with Crippen LogP contribution in [0.2, 0.25) is 0 Å². The Hall–Kier alpha value is -2.21. The summed E-state index contributed by atoms with van der Waals surface area (Å²) in [6.45, 7) is 3.02. The topological polar surface area (TPSA) is 71.2 Å². The number of likely N-dealkylation sites (N-methyl/N-ethyl adjacent to an activating group) is 1. The molecule has 2 aromatic rings. The van der Waals surface area contributed by atoms with Gasteiger partial charge in [0.2, 0.25) is 0 Å². The van der Waals surface area contributed by atoms with Gasteiger partial charge in [0.1, 0.15) is 5.69 Å². The maximum absolute atomic E-state index is 11.0. The molecule has 1 aliphatic carbocycles. The first-order chi connectivity index (χ1) is 11.1. The molecule has 6 heteroatoms. The van der Waals surface area contributed by atoms with Gasteiger partial charge in [0, 0.05) is 32.0 Å². The number of hydrogen-bond donors (Lipinski definition) is 1. The van der Waals surface area contributed by atoms with Crippen molar-refractivity contribution in [3.8, 4) is 11.4 Å². The Morgan fingerprint density at radius 2 is 2.22 bits per heavy atom. The molecular weight excluding hydrogens is 292 g/mol. The summed E-state index contributed by atoms with van der Waals surface area (Å²) in [5.74, 6) is -0.0768. The molecule has 0 radical (unpaired) electrons. The highest BCUT2D eigenvalue weighted by molar-refractivity contribution is 5.88. The lowest BCUT2D eigenvalue weighted by Gasteiger charge is -2.30. The molecule has 6 nitrogen and oxygen atoms in total. The third-order valence-electron chi connectivity index (χ3n) is 4.44. The summed E-state index contributed by atoms with van der Waals surface area (Å²) < 4.78 is 2.03. The number of aromatic nitrogens is 3. The second kappa shape index (κ2) is 6.91. The zero-order valence-electron chi connectivity index (χ0n) is 13.4. The molecule has 3 rings (SSSR count). The maximum Gasteiger partial charge on any atom is 0.335 e. The molecule has 0 aliphatic heterocycles. The van der Waals surface area contributed by atoms with E-state index in [1.165, 1.54) is 38.1 Å². The fraction of sp³-hybridized carbons (Fsp3) is 0.471. The molecule has 1 N–H and O–H groups in total. The van der Waals surface area contributed by atoms with Crippen LogP contribution in [0, 0.1) is 5.92 Å². The summed E-state index contributed by atoms with van der Waals surface area (Å²) in [5, 5.41) is 9.04. The Morgan fingerprint density at radius 3 is 2.91 bits per heavy atom. The number of carbonyl (C=O) groups is 1. The number of carboxylic acid groups (broad SMARTS) is 1.